The van der Waals surface area contributed by atoms with Crippen LogP contribution in [0.1, 0.15) is 39.3 Å². The zero-order valence-corrected chi connectivity index (χ0v) is 13.9. The standard InChI is InChI=1S/C16H28N4O/c1-15(2,3)13-9-14(18-12-17-13)20-8-6-7-16(21,11-20)10-19(4)5/h9,12,21H,6-8,10-11H2,1-5H3. The molecule has 21 heavy (non-hydrogen) atoms. The van der Waals surface area contributed by atoms with Crippen molar-refractivity contribution < 1.29 is 5.11 Å². The smallest absolute Gasteiger partial charge is 0.132 e. The van der Waals surface area contributed by atoms with E-state index in [-0.39, 0.29) is 5.41 Å². The van der Waals surface area contributed by atoms with Gasteiger partial charge in [-0.3, -0.25) is 0 Å². The average molecular weight is 292 g/mol. The molecular weight excluding hydrogens is 264 g/mol. The van der Waals surface area contributed by atoms with Gasteiger partial charge in [-0.1, -0.05) is 20.8 Å². The van der Waals surface area contributed by atoms with Gasteiger partial charge in [-0.15, -0.1) is 0 Å². The molecule has 1 saturated heterocycles. The Kier molecular flexibility index (Phi) is 4.54. The van der Waals surface area contributed by atoms with Crippen LogP contribution in [-0.4, -0.2) is 59.3 Å². The first-order chi connectivity index (χ1) is 9.70. The summed E-state index contributed by atoms with van der Waals surface area (Å²) in [5.74, 6) is 0.923. The van der Waals surface area contributed by atoms with Gasteiger partial charge in [-0.2, -0.15) is 0 Å². The summed E-state index contributed by atoms with van der Waals surface area (Å²) in [6.45, 7) is 8.70. The zero-order valence-electron chi connectivity index (χ0n) is 13.9. The highest BCUT2D eigenvalue weighted by molar-refractivity contribution is 5.41. The van der Waals surface area contributed by atoms with Crippen molar-refractivity contribution in [3.05, 3.63) is 18.1 Å². The molecule has 1 fully saturated rings. The second-order valence-corrected chi connectivity index (χ2v) is 7.50. The maximum atomic E-state index is 10.8. The molecule has 0 radical (unpaired) electrons. The van der Waals surface area contributed by atoms with E-state index in [0.717, 1.165) is 30.9 Å². The van der Waals surface area contributed by atoms with E-state index in [2.05, 4.69) is 41.7 Å². The molecule has 0 aromatic carbocycles. The lowest BCUT2D eigenvalue weighted by molar-refractivity contribution is 0.00351. The molecule has 1 aromatic rings. The van der Waals surface area contributed by atoms with Crippen LogP contribution in [0, 0.1) is 0 Å². The van der Waals surface area contributed by atoms with Gasteiger partial charge in [-0.25, -0.2) is 9.97 Å². The van der Waals surface area contributed by atoms with Crippen molar-refractivity contribution in [2.24, 2.45) is 0 Å². The predicted molar refractivity (Wildman–Crippen MR) is 85.7 cm³/mol. The third-order valence-corrected chi connectivity index (χ3v) is 3.91. The van der Waals surface area contributed by atoms with Gasteiger partial charge >= 0.3 is 0 Å². The second-order valence-electron chi connectivity index (χ2n) is 7.50. The minimum Gasteiger partial charge on any atom is -0.387 e. The minimum atomic E-state index is -0.658. The normalized spacial score (nSPS) is 23.7. The minimum absolute atomic E-state index is 0.00736. The Morgan fingerprint density at radius 2 is 2.05 bits per heavy atom. The van der Waals surface area contributed by atoms with E-state index in [1.807, 2.05) is 19.0 Å². The van der Waals surface area contributed by atoms with Crippen molar-refractivity contribution >= 4 is 5.82 Å². The maximum Gasteiger partial charge on any atom is 0.132 e. The number of rotatable bonds is 3. The summed E-state index contributed by atoms with van der Waals surface area (Å²) in [7, 11) is 4.00. The van der Waals surface area contributed by atoms with Crippen LogP contribution in [0.2, 0.25) is 0 Å². The fourth-order valence-electron chi connectivity index (χ4n) is 2.96. The first-order valence-electron chi connectivity index (χ1n) is 7.64. The number of anilines is 1. The van der Waals surface area contributed by atoms with Crippen molar-refractivity contribution in [2.75, 3.05) is 38.6 Å². The molecule has 0 aliphatic carbocycles. The number of hydrogen-bond donors (Lipinski definition) is 1. The number of likely N-dealkylation sites (N-methyl/N-ethyl adjacent to an activating group) is 1. The molecule has 0 bridgehead atoms. The second kappa shape index (κ2) is 5.89. The lowest BCUT2D eigenvalue weighted by atomic mass is 9.90. The molecule has 0 spiro atoms. The molecule has 1 unspecified atom stereocenters. The molecule has 1 N–H and O–H groups in total. The van der Waals surface area contributed by atoms with Gasteiger partial charge < -0.3 is 14.9 Å². The van der Waals surface area contributed by atoms with E-state index < -0.39 is 5.60 Å². The number of piperidine rings is 1. The lowest BCUT2D eigenvalue weighted by Gasteiger charge is -2.41. The molecule has 5 heteroatoms. The summed E-state index contributed by atoms with van der Waals surface area (Å²) in [5.41, 5.74) is 0.386. The molecule has 1 aliphatic rings. The Morgan fingerprint density at radius 3 is 2.67 bits per heavy atom. The Labute approximate surface area is 128 Å². The van der Waals surface area contributed by atoms with Crippen LogP contribution in [0.15, 0.2) is 12.4 Å². The molecule has 1 aromatic heterocycles. The van der Waals surface area contributed by atoms with E-state index in [0.29, 0.717) is 13.1 Å². The van der Waals surface area contributed by atoms with Gasteiger partial charge in [0.15, 0.2) is 0 Å². The first kappa shape index (κ1) is 16.2. The molecule has 0 amide bonds. The quantitative estimate of drug-likeness (QED) is 0.918. The van der Waals surface area contributed by atoms with Crippen LogP contribution in [-0.2, 0) is 5.41 Å². The van der Waals surface area contributed by atoms with Crippen molar-refractivity contribution in [3.63, 3.8) is 0 Å². The predicted octanol–water partition coefficient (Wildman–Crippen LogP) is 1.67. The Balaban J connectivity index is 2.18. The lowest BCUT2D eigenvalue weighted by Crippen LogP contribution is -2.53. The summed E-state index contributed by atoms with van der Waals surface area (Å²) in [6, 6.07) is 2.06. The molecule has 1 aliphatic heterocycles. The molecule has 2 rings (SSSR count). The molecular formula is C16H28N4O. The average Bonchev–Trinajstić information content (AvgIpc) is 2.36. The van der Waals surface area contributed by atoms with E-state index in [4.69, 9.17) is 0 Å². The van der Waals surface area contributed by atoms with Gasteiger partial charge in [0, 0.05) is 31.1 Å². The van der Waals surface area contributed by atoms with Gasteiger partial charge in [0.05, 0.1) is 11.3 Å². The summed E-state index contributed by atoms with van der Waals surface area (Å²) in [4.78, 5) is 13.0. The van der Waals surface area contributed by atoms with Crippen molar-refractivity contribution in [2.45, 2.75) is 44.6 Å². The first-order valence-corrected chi connectivity index (χ1v) is 7.64. The topological polar surface area (TPSA) is 52.5 Å². The Morgan fingerprint density at radius 1 is 1.33 bits per heavy atom. The zero-order chi connectivity index (χ0) is 15.7. The van der Waals surface area contributed by atoms with Gasteiger partial charge in [0.25, 0.3) is 0 Å². The number of nitrogens with zero attached hydrogens (tertiary/aromatic N) is 4. The Hall–Kier alpha value is -1.20. The third kappa shape index (κ3) is 4.14. The highest BCUT2D eigenvalue weighted by Crippen LogP contribution is 2.27. The van der Waals surface area contributed by atoms with E-state index >= 15 is 0 Å². The SMILES string of the molecule is CN(C)CC1(O)CCCN(c2cc(C(C)(C)C)ncn2)C1. The summed E-state index contributed by atoms with van der Waals surface area (Å²) in [5, 5.41) is 10.8. The largest absolute Gasteiger partial charge is 0.387 e. The fourth-order valence-corrected chi connectivity index (χ4v) is 2.96. The van der Waals surface area contributed by atoms with Crippen molar-refractivity contribution in [1.29, 1.82) is 0 Å². The fraction of sp³-hybridized carbons (Fsp3) is 0.750. The number of β-amino-alcohol motifs (C(OH)–C–C–N with tert-alkyl or cyclic N) is 1. The third-order valence-electron chi connectivity index (χ3n) is 3.91. The maximum absolute atomic E-state index is 10.8. The van der Waals surface area contributed by atoms with Crippen molar-refractivity contribution in [1.82, 2.24) is 14.9 Å². The van der Waals surface area contributed by atoms with Gasteiger partial charge in [-0.05, 0) is 26.9 Å². The molecule has 0 saturated carbocycles. The van der Waals surface area contributed by atoms with Crippen LogP contribution in [0.5, 0.6) is 0 Å². The van der Waals surface area contributed by atoms with Crippen molar-refractivity contribution in [3.8, 4) is 0 Å². The number of aliphatic hydroxyl groups is 1. The highest BCUT2D eigenvalue weighted by Gasteiger charge is 2.34. The van der Waals surface area contributed by atoms with Crippen LogP contribution in [0.3, 0.4) is 0 Å². The Bertz CT molecular complexity index is 483. The van der Waals surface area contributed by atoms with Crippen LogP contribution >= 0.6 is 0 Å². The molecule has 1 atom stereocenters. The van der Waals surface area contributed by atoms with Crippen LogP contribution in [0.25, 0.3) is 0 Å². The molecule has 2 heterocycles. The summed E-state index contributed by atoms with van der Waals surface area (Å²) >= 11 is 0. The molecule has 5 nitrogen and oxygen atoms in total. The van der Waals surface area contributed by atoms with Crippen LogP contribution in [0.4, 0.5) is 5.82 Å². The van der Waals surface area contributed by atoms with Gasteiger partial charge in [0.1, 0.15) is 12.1 Å². The number of aromatic nitrogens is 2. The highest BCUT2D eigenvalue weighted by atomic mass is 16.3. The summed E-state index contributed by atoms with van der Waals surface area (Å²) < 4.78 is 0. The molecule has 118 valence electrons. The summed E-state index contributed by atoms with van der Waals surface area (Å²) in [6.07, 6.45) is 3.47. The number of hydrogen-bond acceptors (Lipinski definition) is 5. The monoisotopic (exact) mass is 292 g/mol. The van der Waals surface area contributed by atoms with E-state index in [1.165, 1.54) is 0 Å². The van der Waals surface area contributed by atoms with E-state index in [9.17, 15) is 5.11 Å². The van der Waals surface area contributed by atoms with Crippen LogP contribution < -0.4 is 4.90 Å². The van der Waals surface area contributed by atoms with Gasteiger partial charge in [0.2, 0.25) is 0 Å². The van der Waals surface area contributed by atoms with E-state index in [1.54, 1.807) is 6.33 Å².